The van der Waals surface area contributed by atoms with E-state index in [0.717, 1.165) is 0 Å². The van der Waals surface area contributed by atoms with E-state index in [0.29, 0.717) is 0 Å². The second-order valence-electron chi connectivity index (χ2n) is 1.10. The highest BCUT2D eigenvalue weighted by atomic mass is 32.2. The van der Waals surface area contributed by atoms with Gasteiger partial charge in [-0.25, -0.2) is 0 Å². The van der Waals surface area contributed by atoms with Crippen molar-refractivity contribution in [1.29, 1.82) is 0 Å². The van der Waals surface area contributed by atoms with Gasteiger partial charge in [0.2, 0.25) is 6.41 Å². The maximum absolute atomic E-state index is 8.58. The van der Waals surface area contributed by atoms with Crippen LogP contribution in [0.25, 0.3) is 0 Å². The van der Waals surface area contributed by atoms with Gasteiger partial charge in [0.1, 0.15) is 0 Å². The molecule has 0 unspecified atom stereocenters. The van der Waals surface area contributed by atoms with E-state index < -0.39 is 0 Å². The lowest BCUT2D eigenvalue weighted by Crippen LogP contribution is -1.94. The fourth-order valence-corrected chi connectivity index (χ4v) is 0.433. The Labute approximate surface area is 52.9 Å². The Hall–Kier alpha value is -0.220. The van der Waals surface area contributed by atoms with Crippen LogP contribution in [-0.2, 0) is 4.79 Å². The number of thioether (sulfide) groups is 1. The number of primary amides is 1. The van der Waals surface area contributed by atoms with E-state index in [1.54, 1.807) is 0 Å². The summed E-state index contributed by atoms with van der Waals surface area (Å²) in [5.41, 5.74) is 4.17. The van der Waals surface area contributed by atoms with E-state index in [4.69, 9.17) is 4.79 Å². The molecule has 1 fully saturated rings. The molecule has 1 aliphatic heterocycles. The van der Waals surface area contributed by atoms with Gasteiger partial charge in [0.25, 0.3) is 0 Å². The van der Waals surface area contributed by atoms with Crippen molar-refractivity contribution >= 4 is 18.2 Å². The molecule has 0 bridgehead atoms. The number of carbonyl (C=O) groups is 1. The van der Waals surface area contributed by atoms with Crippen LogP contribution in [0.2, 0.25) is 0 Å². The second kappa shape index (κ2) is 9.91. The molecule has 1 saturated heterocycles. The minimum atomic E-state index is 0. The first kappa shape index (κ1) is 10.7. The molecule has 1 amide bonds. The van der Waals surface area contributed by atoms with Crippen molar-refractivity contribution in [2.24, 2.45) is 5.73 Å². The van der Waals surface area contributed by atoms with Gasteiger partial charge in [0.05, 0.1) is 0 Å². The van der Waals surface area contributed by atoms with Gasteiger partial charge in [0.15, 0.2) is 0 Å². The number of nitrogens with two attached hydrogens (primary N) is 1. The minimum absolute atomic E-state index is 0. The zero-order chi connectivity index (χ0) is 5.54. The molecule has 8 heavy (non-hydrogen) atoms. The van der Waals surface area contributed by atoms with Gasteiger partial charge in [0, 0.05) is 0 Å². The maximum atomic E-state index is 8.58. The minimum Gasteiger partial charge on any atom is -0.412 e. The zero-order valence-corrected chi connectivity index (χ0v) is 5.41. The fourth-order valence-electron chi connectivity index (χ4n) is 0.144. The molecule has 1 rings (SSSR count). The van der Waals surface area contributed by atoms with Crippen molar-refractivity contribution in [3.05, 3.63) is 0 Å². The van der Waals surface area contributed by atoms with Gasteiger partial charge in [-0.2, -0.15) is 11.8 Å². The highest BCUT2D eigenvalue weighted by Gasteiger charge is 1.95. The van der Waals surface area contributed by atoms with Crippen LogP contribution < -0.4 is 5.73 Å². The summed E-state index contributed by atoms with van der Waals surface area (Å²) in [5, 5.41) is 0. The molecule has 0 aromatic heterocycles. The summed E-state index contributed by atoms with van der Waals surface area (Å²) in [7, 11) is 0. The average Bonchev–Trinajstić information content (AvgIpc) is 1.27. The average molecular weight is 137 g/mol. The lowest BCUT2D eigenvalue weighted by atomic mass is 10.6. The molecular weight excluding hydrogens is 126 g/mol. The fraction of sp³-hybridized carbons (Fsp3) is 0.750. The Kier molecular flexibility index (Phi) is 13.3. The molecule has 50 valence electrons. The van der Waals surface area contributed by atoms with Crippen molar-refractivity contribution in [3.8, 4) is 0 Å². The number of hydrogen-bond donors (Lipinski definition) is 1. The first-order valence-electron chi connectivity index (χ1n) is 2.15. The molecular formula is C4H11NO2S. The van der Waals surface area contributed by atoms with Crippen molar-refractivity contribution in [1.82, 2.24) is 0 Å². The molecule has 0 aromatic rings. The van der Waals surface area contributed by atoms with Crippen LogP contribution in [0.4, 0.5) is 0 Å². The number of carbonyl (C=O) groups excluding carboxylic acids is 1. The van der Waals surface area contributed by atoms with Crippen LogP contribution in [0.3, 0.4) is 0 Å². The van der Waals surface area contributed by atoms with E-state index in [-0.39, 0.29) is 11.9 Å². The van der Waals surface area contributed by atoms with Crippen LogP contribution in [0.1, 0.15) is 6.42 Å². The molecule has 0 saturated carbocycles. The summed E-state index contributed by atoms with van der Waals surface area (Å²) in [6.07, 6.45) is 1.71. The van der Waals surface area contributed by atoms with Crippen LogP contribution >= 0.6 is 11.8 Å². The van der Waals surface area contributed by atoms with Crippen LogP contribution in [0.5, 0.6) is 0 Å². The quantitative estimate of drug-likeness (QED) is 0.453. The van der Waals surface area contributed by atoms with Gasteiger partial charge in [-0.05, 0) is 17.9 Å². The smallest absolute Gasteiger partial charge is 0.204 e. The lowest BCUT2D eigenvalue weighted by molar-refractivity contribution is -0.106. The molecule has 1 aliphatic rings. The molecule has 4 heteroatoms. The van der Waals surface area contributed by atoms with Crippen molar-refractivity contribution in [3.63, 3.8) is 0 Å². The SMILES string of the molecule is C1CSC1.NC=O.O. The standard InChI is InChI=1S/C3H6S.CH3NO.H2O/c1-2-4-3-1;2-1-3;/h1-3H2;1H,(H2,2,3);1H2. The van der Waals surface area contributed by atoms with Gasteiger partial charge in [-0.1, -0.05) is 0 Å². The van der Waals surface area contributed by atoms with Crippen molar-refractivity contribution in [2.75, 3.05) is 11.5 Å². The number of amides is 1. The van der Waals surface area contributed by atoms with E-state index in [9.17, 15) is 0 Å². The summed E-state index contributed by atoms with van der Waals surface area (Å²) in [6.45, 7) is 0. The third-order valence-corrected chi connectivity index (χ3v) is 1.73. The number of hydrogen-bond acceptors (Lipinski definition) is 2. The molecule has 0 spiro atoms. The summed E-state index contributed by atoms with van der Waals surface area (Å²) < 4.78 is 0. The third kappa shape index (κ3) is 9.24. The van der Waals surface area contributed by atoms with E-state index in [1.807, 2.05) is 11.8 Å². The first-order chi connectivity index (χ1) is 3.41. The van der Waals surface area contributed by atoms with Crippen LogP contribution in [-0.4, -0.2) is 23.4 Å². The molecule has 1 heterocycles. The first-order valence-corrected chi connectivity index (χ1v) is 3.30. The van der Waals surface area contributed by atoms with E-state index >= 15 is 0 Å². The Balaban J connectivity index is 0. The van der Waals surface area contributed by atoms with E-state index in [1.165, 1.54) is 17.9 Å². The van der Waals surface area contributed by atoms with Gasteiger partial charge >= 0.3 is 0 Å². The monoisotopic (exact) mass is 137 g/mol. The summed E-state index contributed by atoms with van der Waals surface area (Å²) >= 11 is 2.04. The molecule has 0 radical (unpaired) electrons. The molecule has 3 nitrogen and oxygen atoms in total. The molecule has 4 N–H and O–H groups in total. The highest BCUT2D eigenvalue weighted by molar-refractivity contribution is 8.00. The zero-order valence-electron chi connectivity index (χ0n) is 4.59. The van der Waals surface area contributed by atoms with Crippen molar-refractivity contribution in [2.45, 2.75) is 6.42 Å². The van der Waals surface area contributed by atoms with E-state index in [2.05, 4.69) is 5.73 Å². The predicted molar refractivity (Wildman–Crippen MR) is 35.8 cm³/mol. The third-order valence-electron chi connectivity index (χ3n) is 0.577. The molecule has 0 aromatic carbocycles. The Bertz CT molecular complexity index is 43.3. The normalized spacial score (nSPS) is 13.5. The Morgan fingerprint density at radius 1 is 1.50 bits per heavy atom. The highest BCUT2D eigenvalue weighted by Crippen LogP contribution is 2.14. The predicted octanol–water partition coefficient (Wildman–Crippen LogP) is -0.600. The molecule has 0 aliphatic carbocycles. The van der Waals surface area contributed by atoms with Crippen LogP contribution in [0, 0.1) is 0 Å². The second-order valence-corrected chi connectivity index (χ2v) is 2.33. The number of rotatable bonds is 0. The summed E-state index contributed by atoms with van der Waals surface area (Å²) in [6, 6.07) is 0. The van der Waals surface area contributed by atoms with Gasteiger partial charge in [-0.3, -0.25) is 4.79 Å². The van der Waals surface area contributed by atoms with Crippen molar-refractivity contribution < 1.29 is 10.3 Å². The largest absolute Gasteiger partial charge is 0.412 e. The van der Waals surface area contributed by atoms with Gasteiger partial charge < -0.3 is 11.2 Å². The van der Waals surface area contributed by atoms with Gasteiger partial charge in [-0.15, -0.1) is 0 Å². The lowest BCUT2D eigenvalue weighted by Gasteiger charge is -2.05. The topological polar surface area (TPSA) is 74.6 Å². The van der Waals surface area contributed by atoms with Crippen LogP contribution in [0.15, 0.2) is 0 Å². The summed E-state index contributed by atoms with van der Waals surface area (Å²) in [4.78, 5) is 8.58. The Morgan fingerprint density at radius 2 is 1.62 bits per heavy atom. The molecule has 0 atom stereocenters. The maximum Gasteiger partial charge on any atom is 0.204 e. The summed E-state index contributed by atoms with van der Waals surface area (Å²) in [5.74, 6) is 2.83. The Morgan fingerprint density at radius 3 is 1.62 bits per heavy atom.